The molecule has 0 spiro atoms. The van der Waals surface area contributed by atoms with Gasteiger partial charge in [0.15, 0.2) is 0 Å². The van der Waals surface area contributed by atoms with Crippen molar-refractivity contribution < 1.29 is 0 Å². The zero-order valence-corrected chi connectivity index (χ0v) is 9.39. The highest BCUT2D eigenvalue weighted by atomic mass is 79.9. The summed E-state index contributed by atoms with van der Waals surface area (Å²) in [5, 5.41) is 0. The van der Waals surface area contributed by atoms with Crippen molar-refractivity contribution in [2.24, 2.45) is 17.8 Å². The van der Waals surface area contributed by atoms with Crippen LogP contribution < -0.4 is 0 Å². The highest BCUT2D eigenvalue weighted by molar-refractivity contribution is 9.09. The third-order valence-electron chi connectivity index (χ3n) is 3.29. The molecule has 0 aromatic rings. The van der Waals surface area contributed by atoms with E-state index in [1.54, 1.807) is 0 Å². The topological polar surface area (TPSA) is 0 Å². The first-order valence-electron chi connectivity index (χ1n) is 4.75. The Kier molecular flexibility index (Phi) is 3.42. The van der Waals surface area contributed by atoms with Gasteiger partial charge in [-0.2, -0.15) is 0 Å². The molecule has 0 bridgehead atoms. The van der Waals surface area contributed by atoms with E-state index in [1.165, 1.54) is 19.3 Å². The van der Waals surface area contributed by atoms with E-state index in [4.69, 9.17) is 0 Å². The maximum Gasteiger partial charge on any atom is 0.0145 e. The Morgan fingerprint density at radius 1 is 1.18 bits per heavy atom. The monoisotopic (exact) mass is 218 g/mol. The fraction of sp³-hybridized carbons (Fsp3) is 1.00. The first kappa shape index (κ1) is 9.57. The molecule has 1 saturated carbocycles. The maximum atomic E-state index is 3.68. The van der Waals surface area contributed by atoms with E-state index in [0.717, 1.165) is 22.6 Å². The fourth-order valence-corrected chi connectivity index (χ4v) is 2.49. The summed E-state index contributed by atoms with van der Waals surface area (Å²) in [6, 6.07) is 0. The van der Waals surface area contributed by atoms with E-state index in [-0.39, 0.29) is 0 Å². The Balaban J connectivity index is 2.40. The highest BCUT2D eigenvalue weighted by Gasteiger charge is 2.26. The maximum absolute atomic E-state index is 3.68. The molecule has 0 amide bonds. The molecular weight excluding hydrogens is 200 g/mol. The molecule has 4 atom stereocenters. The number of halogens is 1. The molecule has 0 N–H and O–H groups in total. The van der Waals surface area contributed by atoms with Gasteiger partial charge in [0.1, 0.15) is 0 Å². The summed E-state index contributed by atoms with van der Waals surface area (Å²) in [5.74, 6) is 2.83. The molecule has 1 aliphatic carbocycles. The van der Waals surface area contributed by atoms with Gasteiger partial charge in [0.25, 0.3) is 0 Å². The van der Waals surface area contributed by atoms with Crippen molar-refractivity contribution in [3.63, 3.8) is 0 Å². The second-order valence-electron chi connectivity index (χ2n) is 4.21. The first-order valence-corrected chi connectivity index (χ1v) is 5.67. The van der Waals surface area contributed by atoms with Gasteiger partial charge >= 0.3 is 0 Å². The van der Waals surface area contributed by atoms with E-state index >= 15 is 0 Å². The Bertz CT molecular complexity index is 120. The number of hydrogen-bond acceptors (Lipinski definition) is 0. The van der Waals surface area contributed by atoms with Gasteiger partial charge in [0, 0.05) is 4.83 Å². The molecule has 11 heavy (non-hydrogen) atoms. The van der Waals surface area contributed by atoms with Gasteiger partial charge in [-0.25, -0.2) is 0 Å². The zero-order valence-electron chi connectivity index (χ0n) is 7.81. The molecule has 0 aromatic carbocycles. The summed E-state index contributed by atoms with van der Waals surface area (Å²) >= 11 is 3.68. The van der Waals surface area contributed by atoms with Crippen molar-refractivity contribution >= 4 is 15.9 Å². The van der Waals surface area contributed by atoms with Crippen molar-refractivity contribution in [3.8, 4) is 0 Å². The minimum Gasteiger partial charge on any atom is -0.0891 e. The molecule has 1 fully saturated rings. The molecule has 0 radical (unpaired) electrons. The first-order chi connectivity index (χ1) is 5.11. The number of hydrogen-bond donors (Lipinski definition) is 0. The Morgan fingerprint density at radius 2 is 1.82 bits per heavy atom. The lowest BCUT2D eigenvalue weighted by molar-refractivity contribution is 0.209. The number of alkyl halides is 1. The van der Waals surface area contributed by atoms with Crippen molar-refractivity contribution in [2.45, 2.75) is 44.9 Å². The lowest BCUT2D eigenvalue weighted by Gasteiger charge is -2.33. The third-order valence-corrected chi connectivity index (χ3v) is 4.04. The van der Waals surface area contributed by atoms with Crippen LogP contribution in [0, 0.1) is 17.8 Å². The van der Waals surface area contributed by atoms with Crippen LogP contribution in [0.2, 0.25) is 0 Å². The van der Waals surface area contributed by atoms with E-state index in [0.29, 0.717) is 0 Å². The van der Waals surface area contributed by atoms with Crippen molar-refractivity contribution in [2.75, 3.05) is 0 Å². The molecule has 66 valence electrons. The molecule has 0 aromatic heterocycles. The molecule has 1 heteroatoms. The number of rotatable bonds is 1. The summed E-state index contributed by atoms with van der Waals surface area (Å²) in [6.45, 7) is 7.07. The van der Waals surface area contributed by atoms with Gasteiger partial charge in [-0.3, -0.25) is 0 Å². The molecule has 0 saturated heterocycles. The van der Waals surface area contributed by atoms with Gasteiger partial charge in [-0.1, -0.05) is 43.1 Å². The molecule has 0 aliphatic heterocycles. The molecule has 0 heterocycles. The largest absolute Gasteiger partial charge is 0.0891 e. The van der Waals surface area contributed by atoms with Gasteiger partial charge < -0.3 is 0 Å². The minimum absolute atomic E-state index is 0.720. The molecule has 4 unspecified atom stereocenters. The molecule has 0 nitrogen and oxygen atoms in total. The SMILES string of the molecule is CC(Br)C1CCC(C)C(C)C1. The van der Waals surface area contributed by atoms with E-state index in [9.17, 15) is 0 Å². The van der Waals surface area contributed by atoms with Crippen LogP contribution in [0.1, 0.15) is 40.0 Å². The smallest absolute Gasteiger partial charge is 0.0145 e. The van der Waals surface area contributed by atoms with Crippen LogP contribution in [0.25, 0.3) is 0 Å². The van der Waals surface area contributed by atoms with Gasteiger partial charge in [-0.05, 0) is 30.6 Å². The van der Waals surface area contributed by atoms with Crippen molar-refractivity contribution in [1.82, 2.24) is 0 Å². The Morgan fingerprint density at radius 3 is 2.27 bits per heavy atom. The Hall–Kier alpha value is 0.480. The van der Waals surface area contributed by atoms with Crippen LogP contribution in [-0.2, 0) is 0 Å². The zero-order chi connectivity index (χ0) is 8.43. The molecule has 1 aliphatic rings. The normalized spacial score (nSPS) is 42.0. The van der Waals surface area contributed by atoms with E-state index < -0.39 is 0 Å². The lowest BCUT2D eigenvalue weighted by Crippen LogP contribution is -2.24. The van der Waals surface area contributed by atoms with Crippen LogP contribution in [0.5, 0.6) is 0 Å². The average Bonchev–Trinajstić information content (AvgIpc) is 1.94. The quantitative estimate of drug-likeness (QED) is 0.588. The van der Waals surface area contributed by atoms with Crippen LogP contribution in [0.15, 0.2) is 0 Å². The summed E-state index contributed by atoms with van der Waals surface area (Å²) in [5.41, 5.74) is 0. The van der Waals surface area contributed by atoms with Crippen LogP contribution in [-0.4, -0.2) is 4.83 Å². The second-order valence-corrected chi connectivity index (χ2v) is 5.65. The van der Waals surface area contributed by atoms with Gasteiger partial charge in [0.2, 0.25) is 0 Å². The minimum atomic E-state index is 0.720. The highest BCUT2D eigenvalue weighted by Crippen LogP contribution is 2.36. The van der Waals surface area contributed by atoms with Crippen LogP contribution in [0.4, 0.5) is 0 Å². The van der Waals surface area contributed by atoms with Crippen LogP contribution >= 0.6 is 15.9 Å². The summed E-state index contributed by atoms with van der Waals surface area (Å²) in [6.07, 6.45) is 4.28. The second kappa shape index (κ2) is 3.93. The van der Waals surface area contributed by atoms with Gasteiger partial charge in [-0.15, -0.1) is 0 Å². The summed E-state index contributed by atoms with van der Waals surface area (Å²) in [7, 11) is 0. The predicted octanol–water partition coefficient (Wildman–Crippen LogP) is 3.84. The third kappa shape index (κ3) is 2.47. The predicted molar refractivity (Wildman–Crippen MR) is 54.1 cm³/mol. The van der Waals surface area contributed by atoms with Crippen LogP contribution in [0.3, 0.4) is 0 Å². The summed E-state index contributed by atoms with van der Waals surface area (Å²) < 4.78 is 0. The molecular formula is C10H19Br. The lowest BCUT2D eigenvalue weighted by atomic mass is 9.75. The van der Waals surface area contributed by atoms with Crippen molar-refractivity contribution in [1.29, 1.82) is 0 Å². The van der Waals surface area contributed by atoms with Gasteiger partial charge in [0.05, 0.1) is 0 Å². The fourth-order valence-electron chi connectivity index (χ4n) is 2.01. The van der Waals surface area contributed by atoms with E-state index in [1.807, 2.05) is 0 Å². The van der Waals surface area contributed by atoms with E-state index in [2.05, 4.69) is 36.7 Å². The molecule has 1 rings (SSSR count). The van der Waals surface area contributed by atoms with Crippen molar-refractivity contribution in [3.05, 3.63) is 0 Å². The summed E-state index contributed by atoms with van der Waals surface area (Å²) in [4.78, 5) is 0.720. The standard InChI is InChI=1S/C10H19Br/c1-7-4-5-10(9(3)11)6-8(7)2/h7-10H,4-6H2,1-3H3. The average molecular weight is 219 g/mol. The Labute approximate surface area is 78.9 Å².